The van der Waals surface area contributed by atoms with Crippen molar-refractivity contribution in [1.82, 2.24) is 10.2 Å². The lowest BCUT2D eigenvalue weighted by Crippen LogP contribution is -2.56. The molecule has 12 heteroatoms. The van der Waals surface area contributed by atoms with Gasteiger partial charge in [0.2, 0.25) is 12.0 Å². The fraction of sp³-hybridized carbons (Fsp3) is 0.261. The van der Waals surface area contributed by atoms with Crippen LogP contribution >= 0.6 is 23.2 Å². The first-order valence-corrected chi connectivity index (χ1v) is 19.8. The molecule has 2 amide bonds. The number of anilines is 1. The van der Waals surface area contributed by atoms with Crippen LogP contribution in [0.25, 0.3) is 11.1 Å². The van der Waals surface area contributed by atoms with Gasteiger partial charge in [0.25, 0.3) is 5.91 Å². The normalized spacial score (nSPS) is 17.2. The van der Waals surface area contributed by atoms with Gasteiger partial charge in [-0.3, -0.25) is 14.5 Å². The summed E-state index contributed by atoms with van der Waals surface area (Å²) in [5, 5.41) is 23.1. The zero-order valence-corrected chi connectivity index (χ0v) is 33.8. The van der Waals surface area contributed by atoms with Crippen molar-refractivity contribution in [1.29, 1.82) is 5.26 Å². The molecule has 2 aliphatic heterocycles. The third kappa shape index (κ3) is 8.67. The Kier molecular flexibility index (Phi) is 12.1. The molecule has 0 aliphatic carbocycles. The average Bonchev–Trinajstić information content (AvgIpc) is 3.24. The van der Waals surface area contributed by atoms with E-state index in [1.54, 1.807) is 48.3 Å². The molecule has 0 bridgehead atoms. The number of amides is 2. The second kappa shape index (κ2) is 17.3. The number of carbonyl (C=O) groups is 3. The highest BCUT2D eigenvalue weighted by atomic mass is 35.5. The standard InChI is InChI=1S/C46H42Cl2N4O6/c1-4-27(2)52-25-35-23-42-40(51(3)45(54)43(58-42)33-14-16-36(17-15-33)57-26-30-9-18-37(47)38(48)19-30)21-34(35)22-41(52)44(53)50-39(46(55)56)20-28-5-10-31(11-6-28)32-12-7-29(24-49)8-13-32/h5-19,21,23,27,39,41,43H,4,20,22,25-26H2,1-3H3,(H,50,53)(H,55,56)/t27-,39-,41-,43-/m0/s1. The van der Waals surface area contributed by atoms with Crippen LogP contribution in [0.4, 0.5) is 5.69 Å². The molecule has 5 aromatic rings. The number of carboxylic acid groups (broad SMARTS) is 1. The minimum absolute atomic E-state index is 0.0216. The number of rotatable bonds is 12. The lowest BCUT2D eigenvalue weighted by Gasteiger charge is -2.41. The number of nitrogens with one attached hydrogen (secondary N) is 1. The van der Waals surface area contributed by atoms with Crippen molar-refractivity contribution in [2.45, 2.75) is 70.5 Å². The Morgan fingerprint density at radius 1 is 0.931 bits per heavy atom. The summed E-state index contributed by atoms with van der Waals surface area (Å²) < 4.78 is 12.3. The molecule has 2 heterocycles. The summed E-state index contributed by atoms with van der Waals surface area (Å²) in [5.74, 6) is -0.543. The van der Waals surface area contributed by atoms with Crippen LogP contribution in [0.15, 0.2) is 103 Å². The summed E-state index contributed by atoms with van der Waals surface area (Å²) in [6.45, 7) is 4.86. The Balaban J connectivity index is 1.05. The fourth-order valence-corrected chi connectivity index (χ4v) is 7.73. The molecule has 7 rings (SSSR count). The van der Waals surface area contributed by atoms with Gasteiger partial charge in [-0.1, -0.05) is 84.7 Å². The molecule has 0 fully saturated rings. The summed E-state index contributed by atoms with van der Waals surface area (Å²) in [6, 6.07) is 31.6. The van der Waals surface area contributed by atoms with Crippen LogP contribution in [-0.2, 0) is 40.4 Å². The largest absolute Gasteiger partial charge is 0.489 e. The van der Waals surface area contributed by atoms with Gasteiger partial charge in [-0.25, -0.2) is 4.79 Å². The van der Waals surface area contributed by atoms with Crippen molar-refractivity contribution in [3.63, 3.8) is 0 Å². The van der Waals surface area contributed by atoms with Crippen molar-refractivity contribution >= 4 is 46.7 Å². The minimum Gasteiger partial charge on any atom is -0.489 e. The van der Waals surface area contributed by atoms with Crippen LogP contribution in [0.5, 0.6) is 11.5 Å². The van der Waals surface area contributed by atoms with Crippen LogP contribution < -0.4 is 19.7 Å². The second-order valence-corrected chi connectivity index (χ2v) is 15.5. The summed E-state index contributed by atoms with van der Waals surface area (Å²) in [7, 11) is 1.71. The summed E-state index contributed by atoms with van der Waals surface area (Å²) in [6.07, 6.45) is 0.350. The molecule has 0 saturated heterocycles. The smallest absolute Gasteiger partial charge is 0.326 e. The highest BCUT2D eigenvalue weighted by Crippen LogP contribution is 2.42. The van der Waals surface area contributed by atoms with Crippen LogP contribution in [-0.4, -0.2) is 53.0 Å². The number of carbonyl (C=O) groups excluding carboxylic acids is 2. The van der Waals surface area contributed by atoms with Crippen molar-refractivity contribution < 1.29 is 29.0 Å². The highest BCUT2D eigenvalue weighted by molar-refractivity contribution is 6.42. The summed E-state index contributed by atoms with van der Waals surface area (Å²) >= 11 is 12.2. The first-order valence-electron chi connectivity index (χ1n) is 19.1. The Morgan fingerprint density at radius 2 is 1.60 bits per heavy atom. The molecular formula is C46H42Cl2N4O6. The van der Waals surface area contributed by atoms with Crippen molar-refractivity contribution in [3.05, 3.63) is 147 Å². The van der Waals surface area contributed by atoms with Crippen LogP contribution in [0.3, 0.4) is 0 Å². The van der Waals surface area contributed by atoms with Gasteiger partial charge in [0.1, 0.15) is 24.1 Å². The maximum Gasteiger partial charge on any atom is 0.326 e. The van der Waals surface area contributed by atoms with E-state index in [2.05, 4.69) is 30.1 Å². The number of nitrogens with zero attached hydrogens (tertiary/aromatic N) is 3. The third-order valence-corrected chi connectivity index (χ3v) is 11.7. The van der Waals surface area contributed by atoms with Gasteiger partial charge in [0.05, 0.1) is 33.4 Å². The lowest BCUT2D eigenvalue weighted by molar-refractivity contribution is -0.143. The molecule has 10 nitrogen and oxygen atoms in total. The maximum absolute atomic E-state index is 14.1. The van der Waals surface area contributed by atoms with Gasteiger partial charge in [-0.2, -0.15) is 5.26 Å². The number of likely N-dealkylation sites (N-methyl/N-ethyl adjacent to an activating group) is 1. The molecule has 0 spiro atoms. The van der Waals surface area contributed by atoms with Gasteiger partial charge in [-0.05, 0) is 102 Å². The van der Waals surface area contributed by atoms with Crippen LogP contribution in [0.1, 0.15) is 59.8 Å². The quantitative estimate of drug-likeness (QED) is 0.128. The number of hydrogen-bond donors (Lipinski definition) is 2. The van der Waals surface area contributed by atoms with E-state index in [9.17, 15) is 19.5 Å². The van der Waals surface area contributed by atoms with Crippen molar-refractivity contribution in [2.75, 3.05) is 11.9 Å². The number of ether oxygens (including phenoxy) is 2. The number of carboxylic acids is 1. The van der Waals surface area contributed by atoms with Gasteiger partial charge in [0, 0.05) is 31.6 Å². The first kappa shape index (κ1) is 40.3. The molecule has 58 heavy (non-hydrogen) atoms. The zero-order chi connectivity index (χ0) is 41.1. The van der Waals surface area contributed by atoms with Gasteiger partial charge in [0.15, 0.2) is 0 Å². The van der Waals surface area contributed by atoms with E-state index < -0.39 is 24.2 Å². The van der Waals surface area contributed by atoms with E-state index in [1.165, 1.54) is 0 Å². The SMILES string of the molecule is CC[C@H](C)N1Cc2cc3c(cc2C[C@H]1C(=O)N[C@@H](Cc1ccc(-c2ccc(C#N)cc2)cc1)C(=O)O)N(C)C(=O)[C@H](c1ccc(OCc2ccc(Cl)c(Cl)c2)cc1)O3. The van der Waals surface area contributed by atoms with E-state index in [0.29, 0.717) is 57.9 Å². The zero-order valence-electron chi connectivity index (χ0n) is 32.2. The van der Waals surface area contributed by atoms with E-state index in [1.807, 2.05) is 66.7 Å². The Labute approximate surface area is 347 Å². The predicted molar refractivity (Wildman–Crippen MR) is 223 cm³/mol. The molecule has 0 aromatic heterocycles. The molecule has 0 radical (unpaired) electrons. The molecule has 0 unspecified atom stereocenters. The van der Waals surface area contributed by atoms with E-state index >= 15 is 0 Å². The number of hydrogen-bond acceptors (Lipinski definition) is 7. The van der Waals surface area contributed by atoms with Gasteiger partial charge < -0.3 is 24.8 Å². The van der Waals surface area contributed by atoms with Crippen molar-refractivity contribution in [3.8, 4) is 28.7 Å². The number of aliphatic carboxylic acids is 1. The van der Waals surface area contributed by atoms with Crippen LogP contribution in [0.2, 0.25) is 10.0 Å². The first-order chi connectivity index (χ1) is 27.9. The molecular weight excluding hydrogens is 775 g/mol. The van der Waals surface area contributed by atoms with E-state index in [4.69, 9.17) is 37.9 Å². The lowest BCUT2D eigenvalue weighted by atomic mass is 9.90. The molecule has 4 atom stereocenters. The topological polar surface area (TPSA) is 132 Å². The molecule has 0 saturated carbocycles. The second-order valence-electron chi connectivity index (χ2n) is 14.7. The number of nitriles is 1. The maximum atomic E-state index is 14.1. The van der Waals surface area contributed by atoms with Gasteiger partial charge >= 0.3 is 5.97 Å². The average molecular weight is 818 g/mol. The fourth-order valence-electron chi connectivity index (χ4n) is 7.41. The Morgan fingerprint density at radius 3 is 2.24 bits per heavy atom. The monoisotopic (exact) mass is 816 g/mol. The Bertz CT molecular complexity index is 2380. The molecule has 2 aliphatic rings. The minimum atomic E-state index is -1.14. The van der Waals surface area contributed by atoms with Gasteiger partial charge in [-0.15, -0.1) is 0 Å². The summed E-state index contributed by atoms with van der Waals surface area (Å²) in [5.41, 5.74) is 7.23. The van der Waals surface area contributed by atoms with E-state index in [0.717, 1.165) is 39.8 Å². The predicted octanol–water partition coefficient (Wildman–Crippen LogP) is 8.54. The van der Waals surface area contributed by atoms with Crippen LogP contribution in [0, 0.1) is 11.3 Å². The summed E-state index contributed by atoms with van der Waals surface area (Å²) in [4.78, 5) is 44.0. The van der Waals surface area contributed by atoms with E-state index in [-0.39, 0.29) is 24.3 Å². The highest BCUT2D eigenvalue weighted by Gasteiger charge is 2.39. The molecule has 5 aromatic carbocycles. The molecule has 296 valence electrons. The van der Waals surface area contributed by atoms with Crippen molar-refractivity contribution in [2.24, 2.45) is 0 Å². The number of benzene rings is 5. The number of fused-ring (bicyclic) bond motifs is 2. The Hall–Kier alpha value is -5.86. The number of halogens is 2. The molecule has 2 N–H and O–H groups in total. The third-order valence-electron chi connectivity index (χ3n) is 11.0.